The number of amides is 1. The predicted octanol–water partition coefficient (Wildman–Crippen LogP) is 5.49. The van der Waals surface area contributed by atoms with Gasteiger partial charge in [0.2, 0.25) is 0 Å². The molecule has 6 nitrogen and oxygen atoms in total. The molecule has 1 amide bonds. The highest BCUT2D eigenvalue weighted by Gasteiger charge is 2.38. The van der Waals surface area contributed by atoms with Crippen molar-refractivity contribution >= 4 is 5.91 Å². The van der Waals surface area contributed by atoms with Gasteiger partial charge in [0, 0.05) is 43.8 Å². The monoisotopic (exact) mass is 559 g/mol. The van der Waals surface area contributed by atoms with E-state index in [1.165, 1.54) is 0 Å². The zero-order chi connectivity index (χ0) is 28.0. The van der Waals surface area contributed by atoms with Crippen molar-refractivity contribution in [2.24, 2.45) is 0 Å². The van der Waals surface area contributed by atoms with Crippen LogP contribution in [0.5, 0.6) is 0 Å². The first-order valence-electron chi connectivity index (χ1n) is 12.8. The van der Waals surface area contributed by atoms with Gasteiger partial charge in [-0.25, -0.2) is 0 Å². The van der Waals surface area contributed by atoms with Crippen LogP contribution in [0.2, 0.25) is 0 Å². The van der Waals surface area contributed by atoms with Crippen LogP contribution in [-0.4, -0.2) is 60.9 Å². The normalized spacial score (nSPS) is 21.6. The number of carbonyl (C=O) groups is 1. The average molecular weight is 560 g/mol. The molecule has 2 aliphatic rings. The second kappa shape index (κ2) is 12.7. The first-order chi connectivity index (χ1) is 18.5. The minimum Gasteiger partial charge on any atom is -0.349 e. The van der Waals surface area contributed by atoms with Gasteiger partial charge in [-0.05, 0) is 49.4 Å². The molecule has 0 aliphatic carbocycles. The van der Waals surface area contributed by atoms with Crippen LogP contribution in [-0.2, 0) is 28.5 Å². The Labute approximate surface area is 222 Å². The Morgan fingerprint density at radius 2 is 1.59 bits per heavy atom. The van der Waals surface area contributed by atoms with Crippen molar-refractivity contribution in [2.45, 2.75) is 56.7 Å². The summed E-state index contributed by atoms with van der Waals surface area (Å²) in [5, 5.41) is 4.51. The zero-order valence-corrected chi connectivity index (χ0v) is 21.2. The quantitative estimate of drug-likeness (QED) is 0.264. The van der Waals surface area contributed by atoms with Crippen molar-refractivity contribution in [2.75, 3.05) is 33.0 Å². The van der Waals surface area contributed by atoms with Gasteiger partial charge in [0.1, 0.15) is 0 Å². The Balaban J connectivity index is 1.25. The lowest BCUT2D eigenvalue weighted by atomic mass is 10.0. The van der Waals surface area contributed by atoms with Gasteiger partial charge in [-0.3, -0.25) is 14.5 Å². The summed E-state index contributed by atoms with van der Waals surface area (Å²) in [5.74, 6) is -0.950. The van der Waals surface area contributed by atoms with Crippen LogP contribution in [0.1, 0.15) is 52.7 Å². The van der Waals surface area contributed by atoms with E-state index in [-0.39, 0.29) is 24.9 Å². The second-order valence-electron chi connectivity index (χ2n) is 9.84. The van der Waals surface area contributed by atoms with Gasteiger partial charge in [0.25, 0.3) is 5.91 Å². The fourth-order valence-corrected chi connectivity index (χ4v) is 4.98. The Bertz CT molecular complexity index is 1060. The SMILES string of the molecule is O=C(N[C@@H]1CCN(C2CCCN(OCOCc3ccccc3)CC2)C1)c1cc(C(F)(F)F)cc(C(F)(F)F)c1. The molecule has 2 saturated heterocycles. The summed E-state index contributed by atoms with van der Waals surface area (Å²) in [4.78, 5) is 20.6. The molecule has 0 radical (unpaired) electrons. The predicted molar refractivity (Wildman–Crippen MR) is 130 cm³/mol. The van der Waals surface area contributed by atoms with E-state index in [1.807, 2.05) is 35.4 Å². The average Bonchev–Trinajstić information content (AvgIpc) is 3.22. The lowest BCUT2D eigenvalue weighted by molar-refractivity contribution is -0.226. The Morgan fingerprint density at radius 1 is 0.897 bits per heavy atom. The van der Waals surface area contributed by atoms with Gasteiger partial charge < -0.3 is 10.1 Å². The summed E-state index contributed by atoms with van der Waals surface area (Å²) in [5.41, 5.74) is -2.62. The molecule has 12 heteroatoms. The molecule has 2 heterocycles. The van der Waals surface area contributed by atoms with Crippen LogP contribution in [0, 0.1) is 0 Å². The third-order valence-corrected chi connectivity index (χ3v) is 7.01. The van der Waals surface area contributed by atoms with Crippen molar-refractivity contribution in [1.82, 2.24) is 15.3 Å². The van der Waals surface area contributed by atoms with E-state index in [1.54, 1.807) is 0 Å². The smallest absolute Gasteiger partial charge is 0.349 e. The fourth-order valence-electron chi connectivity index (χ4n) is 4.98. The molecule has 1 N–H and O–H groups in total. The molecule has 2 aromatic rings. The molecule has 2 atom stereocenters. The van der Waals surface area contributed by atoms with E-state index >= 15 is 0 Å². The maximum Gasteiger partial charge on any atom is 0.416 e. The fraction of sp³-hybridized carbons (Fsp3) is 0.519. The number of benzene rings is 2. The van der Waals surface area contributed by atoms with Crippen molar-refractivity contribution in [3.05, 3.63) is 70.8 Å². The summed E-state index contributed by atoms with van der Waals surface area (Å²) in [7, 11) is 0. The van der Waals surface area contributed by atoms with Crippen LogP contribution in [0.3, 0.4) is 0 Å². The standard InChI is InChI=1S/C27H31F6N3O3/c28-26(29,30)21-13-20(14-22(15-21)27(31,32)33)25(37)34-23-8-11-35(16-23)24-7-4-10-36(12-9-24)39-18-38-17-19-5-2-1-3-6-19/h1-3,5-6,13-15,23-24H,4,7-12,16-18H2,(H,34,37)/t23-,24?/m1/s1. The van der Waals surface area contributed by atoms with Crippen molar-refractivity contribution in [3.63, 3.8) is 0 Å². The van der Waals surface area contributed by atoms with E-state index in [0.29, 0.717) is 44.8 Å². The Morgan fingerprint density at radius 3 is 2.26 bits per heavy atom. The van der Waals surface area contributed by atoms with E-state index in [0.717, 1.165) is 31.4 Å². The molecule has 0 aromatic heterocycles. The highest BCUT2D eigenvalue weighted by Crippen LogP contribution is 2.36. The number of hydroxylamine groups is 2. The number of nitrogens with zero attached hydrogens (tertiary/aromatic N) is 2. The van der Waals surface area contributed by atoms with Gasteiger partial charge in [-0.2, -0.15) is 31.4 Å². The van der Waals surface area contributed by atoms with E-state index in [4.69, 9.17) is 9.57 Å². The minimum atomic E-state index is -5.01. The number of alkyl halides is 6. The Kier molecular flexibility index (Phi) is 9.52. The highest BCUT2D eigenvalue weighted by molar-refractivity contribution is 5.95. The lowest BCUT2D eigenvalue weighted by Crippen LogP contribution is -2.40. The molecule has 2 aromatic carbocycles. The second-order valence-corrected chi connectivity index (χ2v) is 9.84. The number of carbonyl (C=O) groups excluding carboxylic acids is 1. The largest absolute Gasteiger partial charge is 0.416 e. The molecular weight excluding hydrogens is 528 g/mol. The van der Waals surface area contributed by atoms with Crippen molar-refractivity contribution in [1.29, 1.82) is 0 Å². The zero-order valence-electron chi connectivity index (χ0n) is 21.2. The van der Waals surface area contributed by atoms with Crippen molar-refractivity contribution < 1.29 is 40.7 Å². The molecule has 4 rings (SSSR count). The topological polar surface area (TPSA) is 54.0 Å². The first-order valence-corrected chi connectivity index (χ1v) is 12.8. The number of hydrogen-bond donors (Lipinski definition) is 1. The van der Waals surface area contributed by atoms with E-state index < -0.39 is 35.0 Å². The maximum atomic E-state index is 13.2. The highest BCUT2D eigenvalue weighted by atomic mass is 19.4. The van der Waals surface area contributed by atoms with Gasteiger partial charge in [-0.1, -0.05) is 30.3 Å². The summed E-state index contributed by atoms with van der Waals surface area (Å²) >= 11 is 0. The van der Waals surface area contributed by atoms with Crippen LogP contribution in [0.25, 0.3) is 0 Å². The third kappa shape index (κ3) is 8.41. The maximum absolute atomic E-state index is 13.2. The molecular formula is C27H31F6N3O3. The van der Waals surface area contributed by atoms with E-state index in [2.05, 4.69) is 10.2 Å². The Hall–Kier alpha value is -2.67. The number of hydrogen-bond acceptors (Lipinski definition) is 5. The van der Waals surface area contributed by atoms with E-state index in [9.17, 15) is 31.1 Å². The molecule has 39 heavy (non-hydrogen) atoms. The summed E-state index contributed by atoms with van der Waals surface area (Å²) in [6.07, 6.45) is -6.84. The summed E-state index contributed by atoms with van der Waals surface area (Å²) in [6.45, 7) is 3.18. The van der Waals surface area contributed by atoms with Crippen LogP contribution >= 0.6 is 0 Å². The van der Waals surface area contributed by atoms with Crippen LogP contribution in [0.15, 0.2) is 48.5 Å². The molecule has 214 valence electrons. The lowest BCUT2D eigenvalue weighted by Gasteiger charge is -2.27. The molecule has 0 spiro atoms. The first kappa shape index (κ1) is 29.3. The van der Waals surface area contributed by atoms with Crippen molar-refractivity contribution in [3.8, 4) is 0 Å². The molecule has 0 bridgehead atoms. The van der Waals surface area contributed by atoms with Gasteiger partial charge in [0.15, 0.2) is 6.79 Å². The number of ether oxygens (including phenoxy) is 1. The number of halogens is 6. The third-order valence-electron chi connectivity index (χ3n) is 7.01. The van der Waals surface area contributed by atoms with Gasteiger partial charge >= 0.3 is 12.4 Å². The summed E-state index contributed by atoms with van der Waals surface area (Å²) in [6, 6.07) is 10.6. The van der Waals surface area contributed by atoms with Gasteiger partial charge in [-0.15, -0.1) is 0 Å². The summed E-state index contributed by atoms with van der Waals surface area (Å²) < 4.78 is 84.5. The minimum absolute atomic E-state index is 0.0164. The van der Waals surface area contributed by atoms with Crippen LogP contribution in [0.4, 0.5) is 26.3 Å². The molecule has 2 aliphatic heterocycles. The van der Waals surface area contributed by atoms with Gasteiger partial charge in [0.05, 0.1) is 17.7 Å². The molecule has 1 unspecified atom stereocenters. The molecule has 2 fully saturated rings. The number of rotatable bonds is 8. The number of likely N-dealkylation sites (tertiary alicyclic amines) is 1. The molecule has 0 saturated carbocycles. The number of nitrogens with one attached hydrogen (secondary N) is 1. The van der Waals surface area contributed by atoms with Crippen LogP contribution < -0.4 is 5.32 Å².